The lowest BCUT2D eigenvalue weighted by Gasteiger charge is -2.33. The monoisotopic (exact) mass is 390 g/mol. The fourth-order valence-electron chi connectivity index (χ4n) is 3.04. The van der Waals surface area contributed by atoms with E-state index < -0.39 is 17.5 Å². The maximum absolute atomic E-state index is 12.7. The molecule has 0 radical (unpaired) electrons. The molecule has 2 aromatic carbocycles. The van der Waals surface area contributed by atoms with Crippen LogP contribution in [-0.2, 0) is 24.6 Å². The highest BCUT2D eigenvalue weighted by Crippen LogP contribution is 2.44. The summed E-state index contributed by atoms with van der Waals surface area (Å²) in [6, 6.07) is 13.9. The minimum absolute atomic E-state index is 0.000581. The first-order chi connectivity index (χ1) is 13.5. The standard InChI is InChI=1S/C21H26O7/c1-21(23,16-10-6-8-12-18(16)28-14-25-3)19(20(22)26-4)15-9-5-7-11-17(15)27-13-24-2/h5-12,19,23H,13-14H2,1-4H3/t19-,21+/m1/s1. The third kappa shape index (κ3) is 4.81. The Labute approximate surface area is 164 Å². The minimum Gasteiger partial charge on any atom is -0.468 e. The van der Waals surface area contributed by atoms with Gasteiger partial charge in [0.15, 0.2) is 13.6 Å². The first kappa shape index (κ1) is 21.7. The molecule has 0 aromatic heterocycles. The van der Waals surface area contributed by atoms with E-state index in [4.69, 9.17) is 23.7 Å². The molecule has 2 atom stereocenters. The lowest BCUT2D eigenvalue weighted by atomic mass is 9.78. The Morgan fingerprint density at radius 2 is 1.46 bits per heavy atom. The summed E-state index contributed by atoms with van der Waals surface area (Å²) in [6.07, 6.45) is 0. The lowest BCUT2D eigenvalue weighted by Crippen LogP contribution is -2.37. The Balaban J connectivity index is 2.56. The summed E-state index contributed by atoms with van der Waals surface area (Å²) in [7, 11) is 4.28. The van der Waals surface area contributed by atoms with E-state index in [1.165, 1.54) is 28.3 Å². The molecule has 0 fully saturated rings. The molecule has 0 aliphatic heterocycles. The van der Waals surface area contributed by atoms with Crippen LogP contribution in [0.15, 0.2) is 48.5 Å². The summed E-state index contributed by atoms with van der Waals surface area (Å²) in [5.74, 6) is -0.869. The highest BCUT2D eigenvalue weighted by Gasteiger charge is 2.44. The number of benzene rings is 2. The number of hydrogen-bond donors (Lipinski definition) is 1. The first-order valence-electron chi connectivity index (χ1n) is 8.69. The predicted octanol–water partition coefficient (Wildman–Crippen LogP) is 2.82. The number of carbonyl (C=O) groups is 1. The van der Waals surface area contributed by atoms with Crippen molar-refractivity contribution >= 4 is 5.97 Å². The molecular weight excluding hydrogens is 364 g/mol. The molecule has 0 aliphatic rings. The third-order valence-corrected chi connectivity index (χ3v) is 4.33. The van der Waals surface area contributed by atoms with Crippen molar-refractivity contribution in [1.29, 1.82) is 0 Å². The average Bonchev–Trinajstić information content (AvgIpc) is 2.71. The van der Waals surface area contributed by atoms with Gasteiger partial charge >= 0.3 is 5.97 Å². The van der Waals surface area contributed by atoms with E-state index in [-0.39, 0.29) is 13.6 Å². The van der Waals surface area contributed by atoms with Crippen LogP contribution in [0.4, 0.5) is 0 Å². The topological polar surface area (TPSA) is 83.5 Å². The van der Waals surface area contributed by atoms with Crippen LogP contribution in [-0.4, -0.2) is 46.0 Å². The van der Waals surface area contributed by atoms with Crippen molar-refractivity contribution in [3.05, 3.63) is 59.7 Å². The van der Waals surface area contributed by atoms with Crippen LogP contribution in [0.3, 0.4) is 0 Å². The number of para-hydroxylation sites is 2. The van der Waals surface area contributed by atoms with Crippen LogP contribution >= 0.6 is 0 Å². The van der Waals surface area contributed by atoms with Gasteiger partial charge in [-0.15, -0.1) is 0 Å². The highest BCUT2D eigenvalue weighted by atomic mass is 16.7. The van der Waals surface area contributed by atoms with Gasteiger partial charge < -0.3 is 28.8 Å². The second kappa shape index (κ2) is 10.1. The fourth-order valence-corrected chi connectivity index (χ4v) is 3.04. The maximum atomic E-state index is 12.7. The average molecular weight is 390 g/mol. The third-order valence-electron chi connectivity index (χ3n) is 4.33. The Kier molecular flexibility index (Phi) is 7.80. The van der Waals surface area contributed by atoms with E-state index in [2.05, 4.69) is 0 Å². The lowest BCUT2D eigenvalue weighted by molar-refractivity contribution is -0.149. The van der Waals surface area contributed by atoms with Crippen molar-refractivity contribution in [3.63, 3.8) is 0 Å². The van der Waals surface area contributed by atoms with Crippen molar-refractivity contribution < 1.29 is 33.6 Å². The van der Waals surface area contributed by atoms with Crippen LogP contribution < -0.4 is 9.47 Å². The molecule has 0 saturated heterocycles. The van der Waals surface area contributed by atoms with E-state index in [1.54, 1.807) is 48.5 Å². The number of aliphatic hydroxyl groups is 1. The molecule has 0 spiro atoms. The normalized spacial score (nSPS) is 14.0. The second-order valence-electron chi connectivity index (χ2n) is 6.24. The molecule has 7 heteroatoms. The Morgan fingerprint density at radius 3 is 2.07 bits per heavy atom. The second-order valence-corrected chi connectivity index (χ2v) is 6.24. The summed E-state index contributed by atoms with van der Waals surface area (Å²) >= 11 is 0. The van der Waals surface area contributed by atoms with Gasteiger partial charge in [0.1, 0.15) is 23.0 Å². The fraction of sp³-hybridized carbons (Fsp3) is 0.381. The molecule has 0 saturated carbocycles. The van der Waals surface area contributed by atoms with Crippen molar-refractivity contribution in [2.45, 2.75) is 18.4 Å². The van der Waals surface area contributed by atoms with Crippen LogP contribution in [0.1, 0.15) is 24.0 Å². The molecule has 2 aromatic rings. The van der Waals surface area contributed by atoms with E-state index in [0.717, 1.165) is 0 Å². The van der Waals surface area contributed by atoms with Gasteiger partial charge in [-0.2, -0.15) is 0 Å². The molecule has 7 nitrogen and oxygen atoms in total. The van der Waals surface area contributed by atoms with E-state index in [1.807, 2.05) is 0 Å². The molecule has 0 bridgehead atoms. The molecule has 0 aliphatic carbocycles. The summed E-state index contributed by atoms with van der Waals surface area (Å²) in [5, 5.41) is 11.5. The van der Waals surface area contributed by atoms with Gasteiger partial charge in [-0.25, -0.2) is 0 Å². The van der Waals surface area contributed by atoms with Crippen molar-refractivity contribution in [2.24, 2.45) is 0 Å². The number of hydrogen-bond acceptors (Lipinski definition) is 7. The largest absolute Gasteiger partial charge is 0.468 e. The number of carbonyl (C=O) groups excluding carboxylic acids is 1. The quantitative estimate of drug-likeness (QED) is 0.493. The molecular formula is C21H26O7. The smallest absolute Gasteiger partial charge is 0.316 e. The summed E-state index contributed by atoms with van der Waals surface area (Å²) in [4.78, 5) is 12.7. The van der Waals surface area contributed by atoms with Crippen molar-refractivity contribution in [2.75, 3.05) is 34.9 Å². The van der Waals surface area contributed by atoms with Crippen molar-refractivity contribution in [3.8, 4) is 11.5 Å². The molecule has 0 heterocycles. The Morgan fingerprint density at radius 1 is 0.929 bits per heavy atom. The first-order valence-corrected chi connectivity index (χ1v) is 8.69. The van der Waals surface area contributed by atoms with Gasteiger partial charge in [-0.1, -0.05) is 36.4 Å². The zero-order valence-corrected chi connectivity index (χ0v) is 16.5. The van der Waals surface area contributed by atoms with Crippen LogP contribution in [0.25, 0.3) is 0 Å². The Bertz CT molecular complexity index is 773. The van der Waals surface area contributed by atoms with Crippen LogP contribution in [0.2, 0.25) is 0 Å². The summed E-state index contributed by atoms with van der Waals surface area (Å²) in [5.41, 5.74) is -0.772. The Hall–Kier alpha value is -2.61. The van der Waals surface area contributed by atoms with Gasteiger partial charge in [0, 0.05) is 25.3 Å². The molecule has 2 rings (SSSR count). The van der Waals surface area contributed by atoms with Crippen LogP contribution in [0, 0.1) is 0 Å². The van der Waals surface area contributed by atoms with E-state index in [0.29, 0.717) is 22.6 Å². The SMILES string of the molecule is COCOc1ccccc1[C@H](C(=O)OC)[C@@](C)(O)c1ccccc1OCOC. The van der Waals surface area contributed by atoms with Crippen molar-refractivity contribution in [1.82, 2.24) is 0 Å². The molecule has 1 N–H and O–H groups in total. The molecule has 28 heavy (non-hydrogen) atoms. The number of rotatable bonds is 10. The predicted molar refractivity (Wildman–Crippen MR) is 102 cm³/mol. The highest BCUT2D eigenvalue weighted by molar-refractivity contribution is 5.81. The zero-order chi connectivity index (χ0) is 20.6. The summed E-state index contributed by atoms with van der Waals surface area (Å²) in [6.45, 7) is 1.54. The van der Waals surface area contributed by atoms with Gasteiger partial charge in [0.25, 0.3) is 0 Å². The number of ether oxygens (including phenoxy) is 5. The molecule has 0 unspecified atom stereocenters. The van der Waals surface area contributed by atoms with Gasteiger partial charge in [0.2, 0.25) is 0 Å². The number of esters is 1. The van der Waals surface area contributed by atoms with Gasteiger partial charge in [0.05, 0.1) is 7.11 Å². The van der Waals surface area contributed by atoms with Gasteiger partial charge in [-0.3, -0.25) is 4.79 Å². The molecule has 0 amide bonds. The summed E-state index contributed by atoms with van der Waals surface area (Å²) < 4.78 is 26.1. The van der Waals surface area contributed by atoms with E-state index >= 15 is 0 Å². The minimum atomic E-state index is -1.66. The van der Waals surface area contributed by atoms with E-state index in [9.17, 15) is 9.90 Å². The zero-order valence-electron chi connectivity index (χ0n) is 16.5. The van der Waals surface area contributed by atoms with Crippen LogP contribution in [0.5, 0.6) is 11.5 Å². The van der Waals surface area contributed by atoms with Gasteiger partial charge in [-0.05, 0) is 19.1 Å². The molecule has 152 valence electrons. The maximum Gasteiger partial charge on any atom is 0.316 e. The number of methoxy groups -OCH3 is 3.